The average Bonchev–Trinajstić information content (AvgIpc) is 2.88. The number of nitrogens with one attached hydrogen (secondary N) is 4. The van der Waals surface area contributed by atoms with Gasteiger partial charge in [-0.2, -0.15) is 0 Å². The van der Waals surface area contributed by atoms with Gasteiger partial charge in [-0.15, -0.1) is 0 Å². The van der Waals surface area contributed by atoms with Crippen molar-refractivity contribution < 1.29 is 19.1 Å². The smallest absolute Gasteiger partial charge is 0.319 e. The van der Waals surface area contributed by atoms with E-state index in [9.17, 15) is 9.59 Å². The first-order chi connectivity index (χ1) is 17.7. The van der Waals surface area contributed by atoms with Gasteiger partial charge < -0.3 is 30.7 Å². The van der Waals surface area contributed by atoms with Crippen LogP contribution in [0.5, 0.6) is 17.2 Å². The Labute approximate surface area is 221 Å². The Morgan fingerprint density at radius 1 is 1.05 bits per heavy atom. The van der Waals surface area contributed by atoms with E-state index in [1.165, 1.54) is 6.20 Å². The molecule has 0 unspecified atom stereocenters. The zero-order valence-electron chi connectivity index (χ0n) is 21.4. The summed E-state index contributed by atoms with van der Waals surface area (Å²) in [6.07, 6.45) is 1.51. The van der Waals surface area contributed by atoms with Gasteiger partial charge in [-0.25, -0.2) is 4.79 Å². The fraction of sp³-hybridized carbons (Fsp3) is 0.296. The highest BCUT2D eigenvalue weighted by molar-refractivity contribution is 6.31. The van der Waals surface area contributed by atoms with Crippen LogP contribution in [-0.4, -0.2) is 43.2 Å². The van der Waals surface area contributed by atoms with Gasteiger partial charge in [0.05, 0.1) is 5.69 Å². The number of nitrogens with zero attached hydrogens (tertiary/aromatic N) is 1. The van der Waals surface area contributed by atoms with E-state index in [1.807, 2.05) is 25.1 Å². The molecule has 0 aliphatic rings. The number of hydrogen-bond donors (Lipinski definition) is 4. The van der Waals surface area contributed by atoms with Crippen LogP contribution in [0.3, 0.4) is 0 Å². The highest BCUT2D eigenvalue weighted by Crippen LogP contribution is 2.31. The second-order valence-electron chi connectivity index (χ2n) is 8.56. The van der Waals surface area contributed by atoms with Crippen molar-refractivity contribution in [1.82, 2.24) is 20.9 Å². The van der Waals surface area contributed by atoms with Crippen LogP contribution in [0.2, 0.25) is 5.02 Å². The van der Waals surface area contributed by atoms with Crippen LogP contribution in [0.15, 0.2) is 54.7 Å². The van der Waals surface area contributed by atoms with E-state index in [1.54, 1.807) is 37.4 Å². The zero-order chi connectivity index (χ0) is 26.8. The zero-order valence-corrected chi connectivity index (χ0v) is 22.1. The van der Waals surface area contributed by atoms with Crippen molar-refractivity contribution in [3.05, 3.63) is 76.6 Å². The van der Waals surface area contributed by atoms with E-state index < -0.39 is 0 Å². The van der Waals surface area contributed by atoms with Crippen LogP contribution in [-0.2, 0) is 6.54 Å². The molecule has 4 N–H and O–H groups in total. The molecule has 3 rings (SSSR count). The van der Waals surface area contributed by atoms with Crippen molar-refractivity contribution in [1.29, 1.82) is 0 Å². The molecule has 10 heteroatoms. The lowest BCUT2D eigenvalue weighted by atomic mass is 10.2. The summed E-state index contributed by atoms with van der Waals surface area (Å²) in [5.41, 5.74) is 2.50. The molecule has 1 heterocycles. The summed E-state index contributed by atoms with van der Waals surface area (Å²) in [4.78, 5) is 28.3. The van der Waals surface area contributed by atoms with Crippen LogP contribution in [0.1, 0.15) is 35.5 Å². The Morgan fingerprint density at radius 3 is 2.51 bits per heavy atom. The van der Waals surface area contributed by atoms with E-state index in [-0.39, 0.29) is 17.6 Å². The number of pyridine rings is 1. The predicted molar refractivity (Wildman–Crippen MR) is 145 cm³/mol. The van der Waals surface area contributed by atoms with Gasteiger partial charge in [0.25, 0.3) is 5.91 Å². The molecule has 196 valence electrons. The number of hydrogen-bond acceptors (Lipinski definition) is 6. The summed E-state index contributed by atoms with van der Waals surface area (Å²) in [6.45, 7) is 7.45. The summed E-state index contributed by atoms with van der Waals surface area (Å²) in [7, 11) is 1.54. The first-order valence-electron chi connectivity index (χ1n) is 11.9. The van der Waals surface area contributed by atoms with E-state index in [4.69, 9.17) is 21.1 Å². The molecule has 9 nitrogen and oxygen atoms in total. The van der Waals surface area contributed by atoms with Gasteiger partial charge in [0.2, 0.25) is 0 Å². The fourth-order valence-corrected chi connectivity index (χ4v) is 3.43. The number of aromatic nitrogens is 1. The largest absolute Gasteiger partial charge is 0.490 e. The Kier molecular flexibility index (Phi) is 10.1. The molecule has 3 aromatic rings. The van der Waals surface area contributed by atoms with Crippen molar-refractivity contribution in [3.8, 4) is 17.2 Å². The average molecular weight is 526 g/mol. The number of benzene rings is 2. The molecule has 1 aromatic heterocycles. The number of aryl methyl sites for hydroxylation is 1. The molecule has 3 amide bonds. The molecule has 2 aromatic carbocycles. The minimum atomic E-state index is -0.385. The van der Waals surface area contributed by atoms with Crippen molar-refractivity contribution in [2.75, 3.05) is 25.5 Å². The van der Waals surface area contributed by atoms with Gasteiger partial charge in [0, 0.05) is 43.5 Å². The van der Waals surface area contributed by atoms with Crippen LogP contribution in [0, 0.1) is 6.92 Å². The Bertz CT molecular complexity index is 1220. The summed E-state index contributed by atoms with van der Waals surface area (Å²) < 4.78 is 11.7. The lowest BCUT2D eigenvalue weighted by Gasteiger charge is -2.16. The van der Waals surface area contributed by atoms with Crippen LogP contribution in [0.4, 0.5) is 10.5 Å². The maximum atomic E-state index is 12.6. The van der Waals surface area contributed by atoms with Crippen LogP contribution < -0.4 is 30.7 Å². The molecule has 0 saturated carbocycles. The molecule has 0 radical (unpaired) electrons. The second kappa shape index (κ2) is 13.5. The van der Waals surface area contributed by atoms with Crippen molar-refractivity contribution in [2.24, 2.45) is 0 Å². The SMILES string of the molecule is CNC(=O)c1cc(Oc2ccc(CNC(=O)Nc3cc(Cl)c(C)cc3OCCNC(C)C)cc2)ccn1. The van der Waals surface area contributed by atoms with Crippen molar-refractivity contribution in [2.45, 2.75) is 33.4 Å². The van der Waals surface area contributed by atoms with Gasteiger partial charge in [-0.1, -0.05) is 37.6 Å². The molecule has 0 spiro atoms. The van der Waals surface area contributed by atoms with Gasteiger partial charge >= 0.3 is 6.03 Å². The normalized spacial score (nSPS) is 10.6. The summed E-state index contributed by atoms with van der Waals surface area (Å²) in [5, 5.41) is 12.0. The monoisotopic (exact) mass is 525 g/mol. The Balaban J connectivity index is 1.55. The van der Waals surface area contributed by atoms with E-state index in [0.717, 1.165) is 11.1 Å². The Hall–Kier alpha value is -3.82. The summed E-state index contributed by atoms with van der Waals surface area (Å²) in [5.74, 6) is 1.35. The minimum absolute atomic E-state index is 0.266. The maximum Gasteiger partial charge on any atom is 0.319 e. The number of anilines is 1. The molecule has 0 aliphatic heterocycles. The topological polar surface area (TPSA) is 114 Å². The van der Waals surface area contributed by atoms with Gasteiger partial charge in [-0.05, 0) is 48.4 Å². The van der Waals surface area contributed by atoms with Crippen LogP contribution >= 0.6 is 11.6 Å². The molecule has 37 heavy (non-hydrogen) atoms. The lowest BCUT2D eigenvalue weighted by molar-refractivity contribution is 0.0957. The van der Waals surface area contributed by atoms with Gasteiger partial charge in [-0.3, -0.25) is 9.78 Å². The highest BCUT2D eigenvalue weighted by Gasteiger charge is 2.12. The first kappa shape index (κ1) is 27.8. The summed E-state index contributed by atoms with van der Waals surface area (Å²) in [6, 6.07) is 14.0. The second-order valence-corrected chi connectivity index (χ2v) is 8.97. The predicted octanol–water partition coefficient (Wildman–Crippen LogP) is 4.89. The van der Waals surface area contributed by atoms with E-state index in [0.29, 0.717) is 53.7 Å². The Morgan fingerprint density at radius 2 is 1.81 bits per heavy atom. The molecule has 0 bridgehead atoms. The molecule has 0 atom stereocenters. The standard InChI is InChI=1S/C27H32ClN5O4/c1-17(2)30-11-12-36-25-13-18(3)22(28)15-23(25)33-27(35)32-16-19-5-7-20(8-6-19)37-21-9-10-31-24(14-21)26(34)29-4/h5-10,13-15,17,30H,11-12,16H2,1-4H3,(H,29,34)(H2,32,33,35). The number of carbonyl (C=O) groups is 2. The van der Waals surface area contributed by atoms with Crippen LogP contribution in [0.25, 0.3) is 0 Å². The number of ether oxygens (including phenoxy) is 2. The third kappa shape index (κ3) is 8.66. The quantitative estimate of drug-likeness (QED) is 0.265. The minimum Gasteiger partial charge on any atom is -0.490 e. The van der Waals surface area contributed by atoms with Crippen molar-refractivity contribution in [3.63, 3.8) is 0 Å². The van der Waals surface area contributed by atoms with E-state index in [2.05, 4.69) is 40.1 Å². The van der Waals surface area contributed by atoms with Crippen molar-refractivity contribution >= 4 is 29.2 Å². The van der Waals surface area contributed by atoms with Gasteiger partial charge in [0.1, 0.15) is 29.5 Å². The highest BCUT2D eigenvalue weighted by atomic mass is 35.5. The molecule has 0 saturated heterocycles. The maximum absolute atomic E-state index is 12.6. The number of amides is 3. The molecule has 0 aliphatic carbocycles. The molecule has 0 fully saturated rings. The fourth-order valence-electron chi connectivity index (χ4n) is 3.27. The number of rotatable bonds is 11. The first-order valence-corrected chi connectivity index (χ1v) is 12.3. The third-order valence-corrected chi connectivity index (χ3v) is 5.63. The number of carbonyl (C=O) groups excluding carboxylic acids is 2. The summed E-state index contributed by atoms with van der Waals surface area (Å²) >= 11 is 6.27. The number of urea groups is 1. The third-order valence-electron chi connectivity index (χ3n) is 5.22. The molecular weight excluding hydrogens is 494 g/mol. The lowest BCUT2D eigenvalue weighted by Crippen LogP contribution is -2.29. The number of halogens is 1. The van der Waals surface area contributed by atoms with E-state index >= 15 is 0 Å². The van der Waals surface area contributed by atoms with Gasteiger partial charge in [0.15, 0.2) is 0 Å². The molecular formula is C27H32ClN5O4.